The van der Waals surface area contributed by atoms with Crippen molar-refractivity contribution in [2.75, 3.05) is 19.7 Å². The fourth-order valence-electron chi connectivity index (χ4n) is 5.56. The van der Waals surface area contributed by atoms with Crippen molar-refractivity contribution in [3.05, 3.63) is 64.2 Å². The number of imide groups is 1. The Morgan fingerprint density at radius 1 is 1.08 bits per heavy atom. The molecule has 1 atom stereocenters. The third kappa shape index (κ3) is 7.14. The molecule has 2 aromatic rings. The van der Waals surface area contributed by atoms with Gasteiger partial charge in [-0.05, 0) is 80.3 Å². The van der Waals surface area contributed by atoms with Gasteiger partial charge in [-0.1, -0.05) is 35.9 Å². The molecule has 2 fully saturated rings. The summed E-state index contributed by atoms with van der Waals surface area (Å²) in [5.74, 6) is 0.0581. The lowest BCUT2D eigenvalue weighted by Gasteiger charge is -2.35. The zero-order valence-electron chi connectivity index (χ0n) is 22.2. The first-order valence-corrected chi connectivity index (χ1v) is 13.9. The Morgan fingerprint density at radius 2 is 1.74 bits per heavy atom. The lowest BCUT2D eigenvalue weighted by Crippen LogP contribution is -2.34. The Labute approximate surface area is 229 Å². The van der Waals surface area contributed by atoms with Crippen LogP contribution in [0.25, 0.3) is 0 Å². The van der Waals surface area contributed by atoms with Crippen LogP contribution in [0.4, 0.5) is 0 Å². The number of halogens is 1. The standard InChI is InChI=1S/C30H37ClN2O5/c1-20-17-23(5-12-27(20)38-16-15-33-28(34)13-14-29(33)35)19-32(21(2)24-8-10-26(31)11-9-24)18-22-3-6-25(7-4-22)30(36)37/h5,8-12,17,21-22,25H,3-4,6-7,13-16,18-19H2,1-2H3,(H,36,37)/t21-,22-,25-/m0/s1. The molecule has 0 bridgehead atoms. The Bertz CT molecular complexity index is 1130. The van der Waals surface area contributed by atoms with Gasteiger partial charge >= 0.3 is 5.97 Å². The van der Waals surface area contributed by atoms with Crippen LogP contribution in [0.2, 0.25) is 5.02 Å². The lowest BCUT2D eigenvalue weighted by molar-refractivity contribution is -0.143. The molecule has 8 heteroatoms. The van der Waals surface area contributed by atoms with Gasteiger partial charge in [0.1, 0.15) is 12.4 Å². The molecule has 1 saturated carbocycles. The van der Waals surface area contributed by atoms with Gasteiger partial charge in [-0.2, -0.15) is 0 Å². The number of amides is 2. The fourth-order valence-corrected chi connectivity index (χ4v) is 5.69. The van der Waals surface area contributed by atoms with E-state index in [9.17, 15) is 19.5 Å². The number of ether oxygens (including phenoxy) is 1. The Morgan fingerprint density at radius 3 is 2.34 bits per heavy atom. The number of rotatable bonds is 11. The van der Waals surface area contributed by atoms with Gasteiger partial charge < -0.3 is 9.84 Å². The monoisotopic (exact) mass is 540 g/mol. The quantitative estimate of drug-likeness (QED) is 0.372. The predicted molar refractivity (Wildman–Crippen MR) is 146 cm³/mol. The summed E-state index contributed by atoms with van der Waals surface area (Å²) in [6.07, 6.45) is 3.91. The minimum absolute atomic E-state index is 0.128. The molecule has 2 aromatic carbocycles. The van der Waals surface area contributed by atoms with Crippen LogP contribution in [0.1, 0.15) is 68.2 Å². The van der Waals surface area contributed by atoms with E-state index in [2.05, 4.69) is 36.1 Å². The van der Waals surface area contributed by atoms with E-state index < -0.39 is 5.97 Å². The van der Waals surface area contributed by atoms with E-state index in [1.165, 1.54) is 16.0 Å². The van der Waals surface area contributed by atoms with Gasteiger partial charge in [-0.15, -0.1) is 0 Å². The van der Waals surface area contributed by atoms with Gasteiger partial charge in [0, 0.05) is 37.0 Å². The molecular weight excluding hydrogens is 504 g/mol. The number of hydrogen-bond acceptors (Lipinski definition) is 5. The van der Waals surface area contributed by atoms with Crippen molar-refractivity contribution in [1.82, 2.24) is 9.80 Å². The van der Waals surface area contributed by atoms with Crippen LogP contribution < -0.4 is 4.74 Å². The van der Waals surface area contributed by atoms with Crippen molar-refractivity contribution in [3.8, 4) is 5.75 Å². The van der Waals surface area contributed by atoms with Crippen molar-refractivity contribution >= 4 is 29.4 Å². The van der Waals surface area contributed by atoms with E-state index in [0.717, 1.165) is 50.1 Å². The highest BCUT2D eigenvalue weighted by molar-refractivity contribution is 6.30. The fraction of sp³-hybridized carbons (Fsp3) is 0.500. The van der Waals surface area contributed by atoms with E-state index in [4.69, 9.17) is 16.3 Å². The Hall–Kier alpha value is -2.90. The number of hydrogen-bond donors (Lipinski definition) is 1. The highest BCUT2D eigenvalue weighted by Gasteiger charge is 2.29. The van der Waals surface area contributed by atoms with Crippen LogP contribution in [0.3, 0.4) is 0 Å². The van der Waals surface area contributed by atoms with Gasteiger partial charge in [0.05, 0.1) is 12.5 Å². The van der Waals surface area contributed by atoms with Gasteiger partial charge in [0.15, 0.2) is 0 Å². The molecule has 1 aliphatic carbocycles. The van der Waals surface area contributed by atoms with Crippen molar-refractivity contribution in [2.45, 2.75) is 65.0 Å². The maximum atomic E-state index is 11.8. The summed E-state index contributed by atoms with van der Waals surface area (Å²) in [5, 5.41) is 10.1. The Kier molecular flexibility index (Phi) is 9.44. The van der Waals surface area contributed by atoms with Crippen molar-refractivity contribution in [3.63, 3.8) is 0 Å². The molecule has 1 heterocycles. The second-order valence-corrected chi connectivity index (χ2v) is 11.0. The number of aliphatic carboxylic acids is 1. The lowest BCUT2D eigenvalue weighted by atomic mass is 9.81. The summed E-state index contributed by atoms with van der Waals surface area (Å²) >= 11 is 6.13. The first kappa shape index (κ1) is 28.1. The number of nitrogens with zero attached hydrogens (tertiary/aromatic N) is 2. The molecule has 0 radical (unpaired) electrons. The van der Waals surface area contributed by atoms with Gasteiger partial charge in [0.2, 0.25) is 11.8 Å². The normalized spacial score (nSPS) is 20.7. The molecule has 4 rings (SSSR count). The number of carboxylic acid groups (broad SMARTS) is 1. The average molecular weight is 541 g/mol. The molecule has 0 aromatic heterocycles. The van der Waals surface area contributed by atoms with Gasteiger partial charge in [-0.3, -0.25) is 24.2 Å². The molecule has 1 saturated heterocycles. The molecule has 1 aliphatic heterocycles. The first-order valence-electron chi connectivity index (χ1n) is 13.5. The predicted octanol–water partition coefficient (Wildman–Crippen LogP) is 5.63. The van der Waals surface area contributed by atoms with E-state index in [0.29, 0.717) is 23.8 Å². The third-order valence-corrected chi connectivity index (χ3v) is 8.19. The molecule has 2 amide bonds. The summed E-state index contributed by atoms with van der Waals surface area (Å²) in [7, 11) is 0. The van der Waals surface area contributed by atoms with E-state index in [1.807, 2.05) is 25.1 Å². The molecule has 7 nitrogen and oxygen atoms in total. The van der Waals surface area contributed by atoms with E-state index in [-0.39, 0.29) is 36.9 Å². The van der Waals surface area contributed by atoms with Gasteiger partial charge in [0.25, 0.3) is 0 Å². The molecule has 204 valence electrons. The third-order valence-electron chi connectivity index (χ3n) is 7.94. The van der Waals surface area contributed by atoms with Crippen LogP contribution in [0.15, 0.2) is 42.5 Å². The highest BCUT2D eigenvalue weighted by atomic mass is 35.5. The van der Waals surface area contributed by atoms with Crippen LogP contribution in [-0.4, -0.2) is 52.4 Å². The highest BCUT2D eigenvalue weighted by Crippen LogP contribution is 2.33. The van der Waals surface area contributed by atoms with Gasteiger partial charge in [-0.25, -0.2) is 0 Å². The van der Waals surface area contributed by atoms with E-state index in [1.54, 1.807) is 0 Å². The van der Waals surface area contributed by atoms with E-state index >= 15 is 0 Å². The molecule has 1 N–H and O–H groups in total. The number of benzene rings is 2. The smallest absolute Gasteiger partial charge is 0.306 e. The maximum Gasteiger partial charge on any atom is 0.306 e. The zero-order chi connectivity index (χ0) is 27.2. The van der Waals surface area contributed by atoms with Crippen molar-refractivity contribution < 1.29 is 24.2 Å². The van der Waals surface area contributed by atoms with Crippen LogP contribution in [-0.2, 0) is 20.9 Å². The molecule has 0 spiro atoms. The number of aryl methyl sites for hydroxylation is 1. The average Bonchev–Trinajstić information content (AvgIpc) is 3.22. The summed E-state index contributed by atoms with van der Waals surface area (Å²) in [5.41, 5.74) is 3.36. The SMILES string of the molecule is Cc1cc(CN(C[C@H]2CC[C@H](C(=O)O)CC2)[C@@H](C)c2ccc(Cl)cc2)ccc1OCCN1C(=O)CCC1=O. The second kappa shape index (κ2) is 12.8. The molecule has 0 unspecified atom stereocenters. The van der Waals surface area contributed by atoms with Crippen LogP contribution >= 0.6 is 11.6 Å². The minimum atomic E-state index is -0.675. The zero-order valence-corrected chi connectivity index (χ0v) is 23.0. The summed E-state index contributed by atoms with van der Waals surface area (Å²) in [6.45, 7) is 6.40. The number of likely N-dealkylation sites (tertiary alicyclic amines) is 1. The number of carbonyl (C=O) groups is 3. The maximum absolute atomic E-state index is 11.8. The summed E-state index contributed by atoms with van der Waals surface area (Å²) in [4.78, 5) is 38.8. The molecular formula is C30H37ClN2O5. The van der Waals surface area contributed by atoms with Crippen LogP contribution in [0.5, 0.6) is 5.75 Å². The Balaban J connectivity index is 1.42. The molecule has 2 aliphatic rings. The van der Waals surface area contributed by atoms with Crippen molar-refractivity contribution in [2.24, 2.45) is 11.8 Å². The largest absolute Gasteiger partial charge is 0.491 e. The number of carbonyl (C=O) groups excluding carboxylic acids is 2. The van der Waals surface area contributed by atoms with Crippen LogP contribution in [0, 0.1) is 18.8 Å². The summed E-state index contributed by atoms with van der Waals surface area (Å²) in [6, 6.07) is 14.3. The summed E-state index contributed by atoms with van der Waals surface area (Å²) < 4.78 is 5.91. The second-order valence-electron chi connectivity index (χ2n) is 10.6. The molecule has 38 heavy (non-hydrogen) atoms. The first-order chi connectivity index (χ1) is 18.2. The topological polar surface area (TPSA) is 87.2 Å². The minimum Gasteiger partial charge on any atom is -0.491 e. The number of carboxylic acids is 1. The van der Waals surface area contributed by atoms with Crippen molar-refractivity contribution in [1.29, 1.82) is 0 Å².